The number of nitrogens with zero attached hydrogens (tertiary/aromatic N) is 1. The predicted molar refractivity (Wildman–Crippen MR) is 80.5 cm³/mol. The number of thiocyanates is 1. The molecular formula is C15H10ClNO2S. The Morgan fingerprint density at radius 2 is 1.60 bits per heavy atom. The molecule has 0 saturated carbocycles. The Kier molecular flexibility index (Phi) is 4.67. The second-order valence-corrected chi connectivity index (χ2v) is 5.38. The number of nitriles is 1. The maximum atomic E-state index is 11.1. The third-order valence-electron chi connectivity index (χ3n) is 2.79. The molecule has 20 heavy (non-hydrogen) atoms. The van der Waals surface area contributed by atoms with E-state index in [1.807, 2.05) is 29.7 Å². The molecule has 0 amide bonds. The van der Waals surface area contributed by atoms with Crippen LogP contribution in [0.25, 0.3) is 11.1 Å². The lowest BCUT2D eigenvalue weighted by molar-refractivity contribution is -0.136. The second kappa shape index (κ2) is 6.47. The van der Waals surface area contributed by atoms with Crippen molar-refractivity contribution in [2.75, 3.05) is 0 Å². The highest BCUT2D eigenvalue weighted by atomic mass is 35.5. The van der Waals surface area contributed by atoms with Gasteiger partial charge in [0.1, 0.15) is 10.7 Å². The summed E-state index contributed by atoms with van der Waals surface area (Å²) >= 11 is 6.57. The molecule has 1 atom stereocenters. The summed E-state index contributed by atoms with van der Waals surface area (Å²) in [6, 6.07) is 14.5. The molecule has 0 aliphatic rings. The average Bonchev–Trinajstić information content (AvgIpc) is 2.45. The number of hydrogen-bond donors (Lipinski definition) is 1. The van der Waals surface area contributed by atoms with E-state index in [0.717, 1.165) is 22.9 Å². The largest absolute Gasteiger partial charge is 0.480 e. The summed E-state index contributed by atoms with van der Waals surface area (Å²) < 4.78 is 0. The van der Waals surface area contributed by atoms with E-state index in [9.17, 15) is 4.79 Å². The highest BCUT2D eigenvalue weighted by Crippen LogP contribution is 2.30. The van der Waals surface area contributed by atoms with Crippen LogP contribution in [0.3, 0.4) is 0 Å². The zero-order valence-electron chi connectivity index (χ0n) is 10.3. The molecule has 1 unspecified atom stereocenters. The van der Waals surface area contributed by atoms with E-state index in [1.165, 1.54) is 0 Å². The lowest BCUT2D eigenvalue weighted by Crippen LogP contribution is -2.07. The van der Waals surface area contributed by atoms with Crippen molar-refractivity contribution in [2.24, 2.45) is 0 Å². The van der Waals surface area contributed by atoms with Gasteiger partial charge in [-0.05, 0) is 40.6 Å². The molecule has 0 aliphatic heterocycles. The molecule has 0 aliphatic carbocycles. The van der Waals surface area contributed by atoms with Crippen LogP contribution in [0.5, 0.6) is 0 Å². The number of carboxylic acid groups (broad SMARTS) is 1. The van der Waals surface area contributed by atoms with Gasteiger partial charge < -0.3 is 5.11 Å². The minimum absolute atomic E-state index is 0.599. The third kappa shape index (κ3) is 3.32. The molecule has 100 valence electrons. The number of rotatable bonds is 4. The highest BCUT2D eigenvalue weighted by Gasteiger charge is 2.20. The van der Waals surface area contributed by atoms with Gasteiger partial charge in [-0.25, -0.2) is 0 Å². The number of aliphatic carboxylic acids is 1. The standard InChI is InChI=1S/C15H10ClNO2S/c16-13-7-5-11(6-8-13)10-1-3-12(4-2-10)14(15(18)19)20-9-17/h1-8,14H,(H,18,19). The summed E-state index contributed by atoms with van der Waals surface area (Å²) in [7, 11) is 0. The molecule has 0 bridgehead atoms. The predicted octanol–water partition coefficient (Wildman–Crippen LogP) is 4.35. The number of hydrogen-bond acceptors (Lipinski definition) is 3. The third-order valence-corrected chi connectivity index (χ3v) is 3.85. The molecule has 0 aromatic heterocycles. The second-order valence-electron chi connectivity index (χ2n) is 4.06. The molecule has 0 saturated heterocycles. The van der Waals surface area contributed by atoms with Crippen molar-refractivity contribution in [1.82, 2.24) is 0 Å². The summed E-state index contributed by atoms with van der Waals surface area (Å²) in [5.41, 5.74) is 2.57. The van der Waals surface area contributed by atoms with Crippen LogP contribution in [0.2, 0.25) is 5.02 Å². The van der Waals surface area contributed by atoms with Gasteiger partial charge in [0, 0.05) is 5.02 Å². The van der Waals surface area contributed by atoms with Gasteiger partial charge in [-0.2, -0.15) is 5.26 Å². The van der Waals surface area contributed by atoms with Crippen LogP contribution in [0.4, 0.5) is 0 Å². The average molecular weight is 304 g/mol. The Hall–Kier alpha value is -1.96. The number of halogens is 1. The van der Waals surface area contributed by atoms with E-state index < -0.39 is 11.2 Å². The van der Waals surface area contributed by atoms with Crippen molar-refractivity contribution in [3.63, 3.8) is 0 Å². The first kappa shape index (κ1) is 14.4. The van der Waals surface area contributed by atoms with E-state index in [4.69, 9.17) is 22.0 Å². The number of carboxylic acids is 1. The first-order chi connectivity index (χ1) is 9.61. The van der Waals surface area contributed by atoms with Crippen LogP contribution in [0.15, 0.2) is 48.5 Å². The Bertz CT molecular complexity index is 647. The fourth-order valence-corrected chi connectivity index (χ4v) is 2.43. The van der Waals surface area contributed by atoms with Gasteiger partial charge in [0.2, 0.25) is 0 Å². The van der Waals surface area contributed by atoms with Crippen molar-refractivity contribution < 1.29 is 9.90 Å². The molecule has 2 rings (SSSR count). The molecule has 0 radical (unpaired) electrons. The monoisotopic (exact) mass is 303 g/mol. The normalized spacial score (nSPS) is 11.6. The van der Waals surface area contributed by atoms with Crippen LogP contribution in [-0.4, -0.2) is 11.1 Å². The fraction of sp³-hybridized carbons (Fsp3) is 0.0667. The maximum Gasteiger partial charge on any atom is 0.322 e. The van der Waals surface area contributed by atoms with E-state index in [2.05, 4.69) is 0 Å². The minimum atomic E-state index is -1.02. The SMILES string of the molecule is N#CSC(C(=O)O)c1ccc(-c2ccc(Cl)cc2)cc1. The first-order valence-corrected chi connectivity index (χ1v) is 7.01. The molecule has 2 aromatic carbocycles. The van der Waals surface area contributed by atoms with Crippen LogP contribution < -0.4 is 0 Å². The van der Waals surface area contributed by atoms with Crippen molar-refractivity contribution in [2.45, 2.75) is 5.25 Å². The van der Waals surface area contributed by atoms with E-state index in [1.54, 1.807) is 24.3 Å². The molecule has 5 heteroatoms. The molecule has 0 heterocycles. The van der Waals surface area contributed by atoms with Crippen molar-refractivity contribution in [3.8, 4) is 16.5 Å². The van der Waals surface area contributed by atoms with Gasteiger partial charge >= 0.3 is 5.97 Å². The zero-order valence-corrected chi connectivity index (χ0v) is 11.9. The van der Waals surface area contributed by atoms with Gasteiger partial charge in [0.05, 0.1) is 0 Å². The van der Waals surface area contributed by atoms with E-state index in [-0.39, 0.29) is 0 Å². The lowest BCUT2D eigenvalue weighted by Gasteiger charge is -2.09. The minimum Gasteiger partial charge on any atom is -0.480 e. The smallest absolute Gasteiger partial charge is 0.322 e. The maximum absolute atomic E-state index is 11.1. The molecule has 3 nitrogen and oxygen atoms in total. The summed E-state index contributed by atoms with van der Waals surface area (Å²) in [6.45, 7) is 0. The number of benzene rings is 2. The van der Waals surface area contributed by atoms with E-state index >= 15 is 0 Å². The topological polar surface area (TPSA) is 61.1 Å². The Balaban J connectivity index is 2.28. The van der Waals surface area contributed by atoms with Crippen LogP contribution in [0, 0.1) is 10.7 Å². The van der Waals surface area contributed by atoms with Crippen molar-refractivity contribution >= 4 is 29.3 Å². The van der Waals surface area contributed by atoms with Crippen LogP contribution in [-0.2, 0) is 4.79 Å². The van der Waals surface area contributed by atoms with Gasteiger partial charge in [0.25, 0.3) is 0 Å². The molecular weight excluding hydrogens is 294 g/mol. The summed E-state index contributed by atoms with van der Waals surface area (Å²) in [6.07, 6.45) is 0. The van der Waals surface area contributed by atoms with Crippen molar-refractivity contribution in [1.29, 1.82) is 5.26 Å². The molecule has 2 aromatic rings. The first-order valence-electron chi connectivity index (χ1n) is 5.75. The van der Waals surface area contributed by atoms with Crippen LogP contribution in [0.1, 0.15) is 10.8 Å². The Morgan fingerprint density at radius 3 is 2.05 bits per heavy atom. The van der Waals surface area contributed by atoms with Gasteiger partial charge in [-0.3, -0.25) is 4.79 Å². The van der Waals surface area contributed by atoms with Crippen LogP contribution >= 0.6 is 23.4 Å². The van der Waals surface area contributed by atoms with Gasteiger partial charge in [-0.15, -0.1) is 0 Å². The number of thioether (sulfide) groups is 1. The Morgan fingerprint density at radius 1 is 1.10 bits per heavy atom. The van der Waals surface area contributed by atoms with Gasteiger partial charge in [0.15, 0.2) is 0 Å². The summed E-state index contributed by atoms with van der Waals surface area (Å²) in [5.74, 6) is -1.02. The molecule has 0 spiro atoms. The van der Waals surface area contributed by atoms with Gasteiger partial charge in [-0.1, -0.05) is 48.0 Å². The highest BCUT2D eigenvalue weighted by molar-refractivity contribution is 8.04. The quantitative estimate of drug-likeness (QED) is 0.853. The summed E-state index contributed by atoms with van der Waals surface area (Å²) in [5, 5.41) is 19.4. The van der Waals surface area contributed by atoms with E-state index in [0.29, 0.717) is 10.6 Å². The summed E-state index contributed by atoms with van der Waals surface area (Å²) in [4.78, 5) is 11.1. The number of carbonyl (C=O) groups is 1. The fourth-order valence-electron chi connectivity index (χ4n) is 1.81. The molecule has 1 N–H and O–H groups in total. The van der Waals surface area contributed by atoms with Crippen molar-refractivity contribution in [3.05, 3.63) is 59.1 Å². The lowest BCUT2D eigenvalue weighted by atomic mass is 10.0. The Labute approximate surface area is 125 Å². The zero-order chi connectivity index (χ0) is 14.5. The molecule has 0 fully saturated rings.